The minimum absolute atomic E-state index is 0.0495. The van der Waals surface area contributed by atoms with Crippen molar-refractivity contribution >= 4 is 28.8 Å². The molecule has 0 aromatic carbocycles. The number of carbonyl (C=O) groups is 3. The summed E-state index contributed by atoms with van der Waals surface area (Å²) in [5.74, 6) is -0.649. The molecule has 1 N–H and O–H groups in total. The lowest BCUT2D eigenvalue weighted by Crippen LogP contribution is -2.39. The third kappa shape index (κ3) is 8.64. The smallest absolute Gasteiger partial charge is 0.314 e. The van der Waals surface area contributed by atoms with E-state index in [1.807, 2.05) is 13.8 Å². The zero-order valence-electron chi connectivity index (χ0n) is 12.2. The molecule has 19 heavy (non-hydrogen) atoms. The molecule has 0 aliphatic rings. The van der Waals surface area contributed by atoms with Gasteiger partial charge in [0, 0.05) is 17.2 Å². The van der Waals surface area contributed by atoms with Crippen molar-refractivity contribution < 1.29 is 19.1 Å². The molecule has 110 valence electrons. The highest BCUT2D eigenvalue weighted by atomic mass is 32.2. The summed E-state index contributed by atoms with van der Waals surface area (Å²) in [6, 6.07) is 0. The van der Waals surface area contributed by atoms with Gasteiger partial charge in [-0.1, -0.05) is 25.6 Å². The van der Waals surface area contributed by atoms with Crippen LogP contribution in [0.25, 0.3) is 0 Å². The molecule has 0 atom stereocenters. The predicted molar refractivity (Wildman–Crippen MR) is 75.8 cm³/mol. The molecule has 0 aliphatic heterocycles. The third-order valence-corrected chi connectivity index (χ3v) is 3.27. The average molecular weight is 289 g/mol. The molecule has 0 fully saturated rings. The van der Waals surface area contributed by atoms with Gasteiger partial charge in [0.05, 0.1) is 6.61 Å². The first kappa shape index (κ1) is 18.0. The van der Waals surface area contributed by atoms with Gasteiger partial charge < -0.3 is 10.1 Å². The molecule has 0 saturated heterocycles. The van der Waals surface area contributed by atoms with Gasteiger partial charge in [0.2, 0.25) is 11.0 Å². The third-order valence-electron chi connectivity index (χ3n) is 2.20. The molecule has 0 unspecified atom stereocenters. The van der Waals surface area contributed by atoms with Crippen LogP contribution < -0.4 is 5.32 Å². The van der Waals surface area contributed by atoms with E-state index in [0.717, 1.165) is 11.8 Å². The normalized spacial score (nSPS) is 11.3. The molecule has 6 heteroatoms. The molecule has 0 aliphatic carbocycles. The summed E-state index contributed by atoms with van der Waals surface area (Å²) in [7, 11) is 0. The van der Waals surface area contributed by atoms with E-state index in [0.29, 0.717) is 6.54 Å². The Morgan fingerprint density at radius 3 is 2.32 bits per heavy atom. The monoisotopic (exact) mass is 289 g/mol. The van der Waals surface area contributed by atoms with Gasteiger partial charge in [-0.05, 0) is 20.8 Å². The van der Waals surface area contributed by atoms with Crippen LogP contribution in [0.2, 0.25) is 0 Å². The van der Waals surface area contributed by atoms with Gasteiger partial charge >= 0.3 is 5.97 Å². The second-order valence-corrected chi connectivity index (χ2v) is 6.85. The molecule has 1 amide bonds. The molecule has 0 heterocycles. The highest BCUT2D eigenvalue weighted by Crippen LogP contribution is 2.25. The molecule has 0 saturated carbocycles. The van der Waals surface area contributed by atoms with Gasteiger partial charge in [-0.25, -0.2) is 0 Å². The van der Waals surface area contributed by atoms with Gasteiger partial charge in [0.25, 0.3) is 0 Å². The quantitative estimate of drug-likeness (QED) is 0.571. The standard InChI is InChI=1S/C13H23NO4S/c1-6-18-10(15)7-11(16)19-13(4,5)8-14-12(17)9(2)3/h9H,6-8H2,1-5H3,(H,14,17). The van der Waals surface area contributed by atoms with Crippen molar-refractivity contribution in [1.29, 1.82) is 0 Å². The Balaban J connectivity index is 4.17. The van der Waals surface area contributed by atoms with E-state index in [1.54, 1.807) is 20.8 Å². The van der Waals surface area contributed by atoms with Gasteiger partial charge in [0.1, 0.15) is 6.42 Å². The van der Waals surface area contributed by atoms with Gasteiger partial charge in [-0.3, -0.25) is 14.4 Å². The Morgan fingerprint density at radius 2 is 1.84 bits per heavy atom. The van der Waals surface area contributed by atoms with Gasteiger partial charge in [-0.15, -0.1) is 0 Å². The first-order valence-electron chi connectivity index (χ1n) is 6.33. The number of esters is 1. The summed E-state index contributed by atoms with van der Waals surface area (Å²) in [6.45, 7) is 9.65. The number of rotatable bonds is 7. The maximum absolute atomic E-state index is 11.7. The zero-order valence-corrected chi connectivity index (χ0v) is 13.1. The lowest BCUT2D eigenvalue weighted by atomic mass is 10.1. The van der Waals surface area contributed by atoms with Crippen LogP contribution in [-0.4, -0.2) is 34.9 Å². The molecular formula is C13H23NO4S. The summed E-state index contributed by atoms with van der Waals surface area (Å²) in [5.41, 5.74) is 0. The lowest BCUT2D eigenvalue weighted by Gasteiger charge is -2.23. The number of hydrogen-bond acceptors (Lipinski definition) is 5. The predicted octanol–water partition coefficient (Wildman–Crippen LogP) is 1.75. The molecular weight excluding hydrogens is 266 g/mol. The molecule has 0 bridgehead atoms. The maximum atomic E-state index is 11.7. The first-order valence-corrected chi connectivity index (χ1v) is 7.14. The van der Waals surface area contributed by atoms with E-state index in [4.69, 9.17) is 4.74 Å². The maximum Gasteiger partial charge on any atom is 0.314 e. The van der Waals surface area contributed by atoms with E-state index >= 15 is 0 Å². The Labute approximate surface area is 118 Å². The SMILES string of the molecule is CCOC(=O)CC(=O)SC(C)(C)CNC(=O)C(C)C. The highest BCUT2D eigenvalue weighted by molar-refractivity contribution is 8.14. The van der Waals surface area contributed by atoms with Crippen LogP contribution in [-0.2, 0) is 19.1 Å². The number of thioether (sulfide) groups is 1. The van der Waals surface area contributed by atoms with Crippen molar-refractivity contribution in [2.75, 3.05) is 13.2 Å². The van der Waals surface area contributed by atoms with Crippen molar-refractivity contribution in [2.24, 2.45) is 5.92 Å². The van der Waals surface area contributed by atoms with E-state index in [-0.39, 0.29) is 30.0 Å². The van der Waals surface area contributed by atoms with E-state index in [1.165, 1.54) is 0 Å². The lowest BCUT2D eigenvalue weighted by molar-refractivity contribution is -0.144. The van der Waals surface area contributed by atoms with Gasteiger partial charge in [0.15, 0.2) is 0 Å². The second kappa shape index (κ2) is 8.19. The van der Waals surface area contributed by atoms with E-state index < -0.39 is 10.7 Å². The molecule has 0 rings (SSSR count). The highest BCUT2D eigenvalue weighted by Gasteiger charge is 2.25. The fourth-order valence-corrected chi connectivity index (χ4v) is 2.16. The van der Waals surface area contributed by atoms with Crippen LogP contribution >= 0.6 is 11.8 Å². The number of amides is 1. The Morgan fingerprint density at radius 1 is 1.26 bits per heavy atom. The number of carbonyl (C=O) groups excluding carboxylic acids is 3. The number of hydrogen-bond donors (Lipinski definition) is 1. The summed E-state index contributed by atoms with van der Waals surface area (Å²) < 4.78 is 4.26. The van der Waals surface area contributed by atoms with Crippen LogP contribution in [0, 0.1) is 5.92 Å². The number of nitrogens with one attached hydrogen (secondary N) is 1. The first-order chi connectivity index (χ1) is 8.68. The van der Waals surface area contributed by atoms with Crippen molar-refractivity contribution in [3.05, 3.63) is 0 Å². The summed E-state index contributed by atoms with van der Waals surface area (Å²) in [4.78, 5) is 34.3. The van der Waals surface area contributed by atoms with Crippen molar-refractivity contribution in [3.8, 4) is 0 Å². The molecule has 0 aromatic heterocycles. The fourth-order valence-electron chi connectivity index (χ4n) is 1.21. The van der Waals surface area contributed by atoms with Gasteiger partial charge in [-0.2, -0.15) is 0 Å². The Hall–Kier alpha value is -1.04. The van der Waals surface area contributed by atoms with Crippen LogP contribution in [0.15, 0.2) is 0 Å². The van der Waals surface area contributed by atoms with E-state index in [9.17, 15) is 14.4 Å². The van der Waals surface area contributed by atoms with Crippen LogP contribution in [0.1, 0.15) is 41.0 Å². The number of ether oxygens (including phenoxy) is 1. The van der Waals surface area contributed by atoms with Crippen LogP contribution in [0.4, 0.5) is 0 Å². The molecule has 5 nitrogen and oxygen atoms in total. The Kier molecular flexibility index (Phi) is 7.75. The van der Waals surface area contributed by atoms with Crippen LogP contribution in [0.5, 0.6) is 0 Å². The van der Waals surface area contributed by atoms with Crippen molar-refractivity contribution in [2.45, 2.75) is 45.8 Å². The molecule has 0 spiro atoms. The van der Waals surface area contributed by atoms with E-state index in [2.05, 4.69) is 5.32 Å². The summed E-state index contributed by atoms with van der Waals surface area (Å²) in [6.07, 6.45) is -0.236. The minimum Gasteiger partial charge on any atom is -0.466 e. The minimum atomic E-state index is -0.512. The summed E-state index contributed by atoms with van der Waals surface area (Å²) in [5, 5.41) is 2.53. The topological polar surface area (TPSA) is 72.5 Å². The zero-order chi connectivity index (χ0) is 15.1. The molecule has 0 radical (unpaired) electrons. The van der Waals surface area contributed by atoms with Crippen molar-refractivity contribution in [1.82, 2.24) is 5.32 Å². The second-order valence-electron chi connectivity index (χ2n) is 5.09. The average Bonchev–Trinajstić information content (AvgIpc) is 2.24. The summed E-state index contributed by atoms with van der Waals surface area (Å²) >= 11 is 1.06. The van der Waals surface area contributed by atoms with Crippen LogP contribution in [0.3, 0.4) is 0 Å². The molecule has 0 aromatic rings. The fraction of sp³-hybridized carbons (Fsp3) is 0.769. The Bertz CT molecular complexity index is 340. The van der Waals surface area contributed by atoms with Crippen molar-refractivity contribution in [3.63, 3.8) is 0 Å². The largest absolute Gasteiger partial charge is 0.466 e.